The maximum atomic E-state index is 12.6. The first kappa shape index (κ1) is 15.3. The fourth-order valence-electron chi connectivity index (χ4n) is 2.66. The van der Waals surface area contributed by atoms with Gasteiger partial charge < -0.3 is 10.6 Å². The summed E-state index contributed by atoms with van der Waals surface area (Å²) in [7, 11) is 0. The summed E-state index contributed by atoms with van der Waals surface area (Å²) in [6, 6.07) is 11.4. The summed E-state index contributed by atoms with van der Waals surface area (Å²) in [5, 5.41) is 0. The van der Waals surface area contributed by atoms with Gasteiger partial charge in [0.15, 0.2) is 0 Å². The standard InChI is InChI=1S/C16H17N3O.ClH/c1-11-8-12-4-2-3-5-15(12)19(10-11)16(20)14-7-6-13(17)9-18-14;/h2-7,9,11H,8,10,17H2,1H3;1H. The van der Waals surface area contributed by atoms with Crippen LogP contribution in [0.1, 0.15) is 23.0 Å². The summed E-state index contributed by atoms with van der Waals surface area (Å²) >= 11 is 0. The first-order valence-electron chi connectivity index (χ1n) is 6.76. The van der Waals surface area contributed by atoms with Crippen LogP contribution < -0.4 is 10.6 Å². The van der Waals surface area contributed by atoms with E-state index < -0.39 is 0 Å². The fourth-order valence-corrected chi connectivity index (χ4v) is 2.66. The van der Waals surface area contributed by atoms with Crippen LogP contribution in [0.15, 0.2) is 42.6 Å². The molecule has 0 aliphatic carbocycles. The molecule has 1 atom stereocenters. The van der Waals surface area contributed by atoms with Crippen LogP contribution in [0.5, 0.6) is 0 Å². The number of hydrogen-bond acceptors (Lipinski definition) is 3. The molecule has 0 bridgehead atoms. The van der Waals surface area contributed by atoms with Crippen molar-refractivity contribution in [3.05, 3.63) is 53.9 Å². The van der Waals surface area contributed by atoms with E-state index >= 15 is 0 Å². The molecule has 1 unspecified atom stereocenters. The van der Waals surface area contributed by atoms with E-state index in [-0.39, 0.29) is 18.3 Å². The lowest BCUT2D eigenvalue weighted by Gasteiger charge is -2.33. The number of benzene rings is 1. The predicted octanol–water partition coefficient (Wildman–Crippen LogP) is 2.92. The highest BCUT2D eigenvalue weighted by Crippen LogP contribution is 2.30. The molecular formula is C16H18ClN3O. The number of nitrogens with zero attached hydrogens (tertiary/aromatic N) is 2. The van der Waals surface area contributed by atoms with Crippen molar-refractivity contribution in [2.75, 3.05) is 17.2 Å². The van der Waals surface area contributed by atoms with Crippen LogP contribution in [0.2, 0.25) is 0 Å². The molecule has 0 fully saturated rings. The van der Waals surface area contributed by atoms with Crippen molar-refractivity contribution < 1.29 is 4.79 Å². The minimum absolute atomic E-state index is 0. The van der Waals surface area contributed by atoms with Gasteiger partial charge in [0.05, 0.1) is 11.9 Å². The molecule has 2 N–H and O–H groups in total. The Morgan fingerprint density at radius 2 is 2.05 bits per heavy atom. The van der Waals surface area contributed by atoms with E-state index in [9.17, 15) is 4.79 Å². The highest BCUT2D eigenvalue weighted by atomic mass is 35.5. The number of aromatic nitrogens is 1. The number of nitrogens with two attached hydrogens (primary N) is 1. The van der Waals surface area contributed by atoms with Gasteiger partial charge in [0.1, 0.15) is 5.69 Å². The van der Waals surface area contributed by atoms with Crippen LogP contribution >= 0.6 is 12.4 Å². The number of fused-ring (bicyclic) bond motifs is 1. The molecular weight excluding hydrogens is 286 g/mol. The Kier molecular flexibility index (Phi) is 4.48. The quantitative estimate of drug-likeness (QED) is 0.881. The summed E-state index contributed by atoms with van der Waals surface area (Å²) in [6.07, 6.45) is 2.53. The summed E-state index contributed by atoms with van der Waals surface area (Å²) in [5.74, 6) is 0.381. The number of nitrogen functional groups attached to an aromatic ring is 1. The van der Waals surface area contributed by atoms with E-state index in [0.717, 1.165) is 18.7 Å². The molecule has 110 valence electrons. The molecule has 2 heterocycles. The number of halogens is 1. The second-order valence-corrected chi connectivity index (χ2v) is 5.33. The lowest BCUT2D eigenvalue weighted by atomic mass is 9.93. The molecule has 3 rings (SSSR count). The monoisotopic (exact) mass is 303 g/mol. The number of carbonyl (C=O) groups is 1. The topological polar surface area (TPSA) is 59.2 Å². The van der Waals surface area contributed by atoms with E-state index in [1.54, 1.807) is 12.1 Å². The van der Waals surface area contributed by atoms with E-state index in [1.165, 1.54) is 11.8 Å². The first-order chi connectivity index (χ1) is 9.65. The van der Waals surface area contributed by atoms with Gasteiger partial charge in [-0.3, -0.25) is 4.79 Å². The van der Waals surface area contributed by atoms with Gasteiger partial charge in [0.2, 0.25) is 0 Å². The molecule has 1 aliphatic heterocycles. The second-order valence-electron chi connectivity index (χ2n) is 5.33. The number of pyridine rings is 1. The van der Waals surface area contributed by atoms with Crippen molar-refractivity contribution in [2.45, 2.75) is 13.3 Å². The van der Waals surface area contributed by atoms with Crippen LogP contribution in [0, 0.1) is 5.92 Å². The normalized spacial score (nSPS) is 16.8. The Bertz CT molecular complexity index is 642. The summed E-state index contributed by atoms with van der Waals surface area (Å²) < 4.78 is 0. The molecule has 21 heavy (non-hydrogen) atoms. The van der Waals surface area contributed by atoms with Crippen molar-refractivity contribution in [1.82, 2.24) is 4.98 Å². The zero-order valence-electron chi connectivity index (χ0n) is 11.8. The van der Waals surface area contributed by atoms with Crippen LogP contribution in [-0.4, -0.2) is 17.4 Å². The maximum absolute atomic E-state index is 12.6. The van der Waals surface area contributed by atoms with Gasteiger partial charge in [-0.15, -0.1) is 12.4 Å². The van der Waals surface area contributed by atoms with Gasteiger partial charge >= 0.3 is 0 Å². The Balaban J connectivity index is 0.00000161. The number of hydrogen-bond donors (Lipinski definition) is 1. The first-order valence-corrected chi connectivity index (χ1v) is 6.76. The van der Waals surface area contributed by atoms with Crippen LogP contribution in [0.4, 0.5) is 11.4 Å². The lowest BCUT2D eigenvalue weighted by molar-refractivity contribution is 0.0976. The number of anilines is 2. The van der Waals surface area contributed by atoms with Crippen LogP contribution in [-0.2, 0) is 6.42 Å². The average Bonchev–Trinajstić information content (AvgIpc) is 2.46. The van der Waals surface area contributed by atoms with E-state index in [1.807, 2.05) is 23.1 Å². The SMILES string of the molecule is CC1Cc2ccccc2N(C(=O)c2ccc(N)cn2)C1.Cl. The van der Waals surface area contributed by atoms with Gasteiger partial charge in [-0.25, -0.2) is 4.98 Å². The molecule has 0 radical (unpaired) electrons. The third-order valence-corrected chi connectivity index (χ3v) is 3.60. The Labute approximate surface area is 130 Å². The number of rotatable bonds is 1. The third-order valence-electron chi connectivity index (χ3n) is 3.60. The molecule has 5 heteroatoms. The Morgan fingerprint density at radius 1 is 1.29 bits per heavy atom. The molecule has 0 spiro atoms. The maximum Gasteiger partial charge on any atom is 0.276 e. The number of amides is 1. The Hall–Kier alpha value is -2.07. The largest absolute Gasteiger partial charge is 0.397 e. The minimum atomic E-state index is -0.0657. The number of carbonyl (C=O) groups excluding carboxylic acids is 1. The lowest BCUT2D eigenvalue weighted by Crippen LogP contribution is -2.39. The highest BCUT2D eigenvalue weighted by molar-refractivity contribution is 6.05. The summed E-state index contributed by atoms with van der Waals surface area (Å²) in [4.78, 5) is 18.6. The number of para-hydroxylation sites is 1. The highest BCUT2D eigenvalue weighted by Gasteiger charge is 2.27. The summed E-state index contributed by atoms with van der Waals surface area (Å²) in [5.41, 5.74) is 8.83. The third kappa shape index (κ3) is 3.00. The molecule has 1 aliphatic rings. The molecule has 1 amide bonds. The minimum Gasteiger partial charge on any atom is -0.397 e. The van der Waals surface area contributed by atoms with Crippen molar-refractivity contribution in [1.29, 1.82) is 0 Å². The van der Waals surface area contributed by atoms with Gasteiger partial charge in [-0.2, -0.15) is 0 Å². The van der Waals surface area contributed by atoms with Gasteiger partial charge in [-0.1, -0.05) is 25.1 Å². The van der Waals surface area contributed by atoms with Gasteiger partial charge in [0.25, 0.3) is 5.91 Å². The van der Waals surface area contributed by atoms with E-state index in [0.29, 0.717) is 17.3 Å². The molecule has 2 aromatic rings. The van der Waals surface area contributed by atoms with Crippen molar-refractivity contribution >= 4 is 29.7 Å². The zero-order valence-corrected chi connectivity index (χ0v) is 12.6. The van der Waals surface area contributed by atoms with Crippen molar-refractivity contribution in [3.63, 3.8) is 0 Å². The van der Waals surface area contributed by atoms with Crippen molar-refractivity contribution in [2.24, 2.45) is 5.92 Å². The zero-order chi connectivity index (χ0) is 14.1. The van der Waals surface area contributed by atoms with E-state index in [4.69, 9.17) is 5.73 Å². The van der Waals surface area contributed by atoms with Crippen molar-refractivity contribution in [3.8, 4) is 0 Å². The van der Waals surface area contributed by atoms with E-state index in [2.05, 4.69) is 18.0 Å². The average molecular weight is 304 g/mol. The molecule has 4 nitrogen and oxygen atoms in total. The molecule has 0 saturated heterocycles. The Morgan fingerprint density at radius 3 is 2.76 bits per heavy atom. The van der Waals surface area contributed by atoms with Gasteiger partial charge in [0, 0.05) is 12.2 Å². The van der Waals surface area contributed by atoms with Gasteiger partial charge in [-0.05, 0) is 36.1 Å². The molecule has 1 aromatic carbocycles. The molecule has 1 aromatic heterocycles. The second kappa shape index (κ2) is 6.14. The predicted molar refractivity (Wildman–Crippen MR) is 86.9 cm³/mol. The molecule has 0 saturated carbocycles. The fraction of sp³-hybridized carbons (Fsp3) is 0.250. The van der Waals surface area contributed by atoms with Crippen LogP contribution in [0.25, 0.3) is 0 Å². The van der Waals surface area contributed by atoms with Crippen LogP contribution in [0.3, 0.4) is 0 Å². The smallest absolute Gasteiger partial charge is 0.276 e. The summed E-state index contributed by atoms with van der Waals surface area (Å²) in [6.45, 7) is 2.88.